The van der Waals surface area contributed by atoms with Crippen molar-refractivity contribution in [1.29, 1.82) is 0 Å². The van der Waals surface area contributed by atoms with Crippen molar-refractivity contribution in [3.8, 4) is 5.75 Å². The normalized spacial score (nSPS) is 18.4. The van der Waals surface area contributed by atoms with Crippen LogP contribution in [0.1, 0.15) is 17.8 Å². The quantitative estimate of drug-likeness (QED) is 0.754. The Kier molecular flexibility index (Phi) is 3.33. The van der Waals surface area contributed by atoms with Gasteiger partial charge in [-0.15, -0.1) is 0 Å². The summed E-state index contributed by atoms with van der Waals surface area (Å²) < 4.78 is 5.79. The molecular formula is C13H16N4O2. The molecule has 0 amide bonds. The number of hydrogen-bond donors (Lipinski definition) is 3. The van der Waals surface area contributed by atoms with E-state index in [0.29, 0.717) is 19.0 Å². The SMILES string of the molecule is O=c1[nH]nc(CNC2CCc3ccccc3OC2)[nH]1. The Morgan fingerprint density at radius 2 is 2.32 bits per heavy atom. The summed E-state index contributed by atoms with van der Waals surface area (Å²) in [5.74, 6) is 1.59. The van der Waals surface area contributed by atoms with Crippen LogP contribution < -0.4 is 15.7 Å². The number of H-pyrrole nitrogens is 2. The molecule has 0 radical (unpaired) electrons. The molecule has 3 N–H and O–H groups in total. The maximum atomic E-state index is 10.9. The number of rotatable bonds is 3. The Balaban J connectivity index is 1.58. The number of nitrogens with one attached hydrogen (secondary N) is 3. The van der Waals surface area contributed by atoms with Crippen molar-refractivity contribution >= 4 is 0 Å². The molecule has 2 heterocycles. The number of hydrogen-bond acceptors (Lipinski definition) is 4. The highest BCUT2D eigenvalue weighted by Gasteiger charge is 2.16. The summed E-state index contributed by atoms with van der Waals surface area (Å²) in [4.78, 5) is 13.5. The standard InChI is InChI=1S/C13H16N4O2/c18-13-15-12(16-17-13)7-14-10-6-5-9-3-1-2-4-11(9)19-8-10/h1-4,10,14H,5-8H2,(H2,15,16,17,18). The predicted molar refractivity (Wildman–Crippen MR) is 70.1 cm³/mol. The smallest absolute Gasteiger partial charge is 0.340 e. The largest absolute Gasteiger partial charge is 0.492 e. The van der Waals surface area contributed by atoms with Gasteiger partial charge in [0.2, 0.25) is 0 Å². The van der Waals surface area contributed by atoms with Crippen LogP contribution in [0.3, 0.4) is 0 Å². The van der Waals surface area contributed by atoms with Gasteiger partial charge < -0.3 is 10.1 Å². The van der Waals surface area contributed by atoms with Gasteiger partial charge in [-0.1, -0.05) is 18.2 Å². The molecule has 0 bridgehead atoms. The summed E-state index contributed by atoms with van der Waals surface area (Å²) in [7, 11) is 0. The maximum absolute atomic E-state index is 10.9. The van der Waals surface area contributed by atoms with Crippen LogP contribution in [0.4, 0.5) is 0 Å². The third-order valence-corrected chi connectivity index (χ3v) is 3.28. The van der Waals surface area contributed by atoms with Crippen molar-refractivity contribution in [2.75, 3.05) is 6.61 Å². The number of ether oxygens (including phenoxy) is 1. The van der Waals surface area contributed by atoms with Gasteiger partial charge in [0.1, 0.15) is 18.2 Å². The first-order valence-corrected chi connectivity index (χ1v) is 6.39. The molecule has 1 atom stereocenters. The van der Waals surface area contributed by atoms with Crippen molar-refractivity contribution in [3.63, 3.8) is 0 Å². The van der Waals surface area contributed by atoms with Gasteiger partial charge in [-0.3, -0.25) is 4.98 Å². The fraction of sp³-hybridized carbons (Fsp3) is 0.385. The van der Waals surface area contributed by atoms with Gasteiger partial charge in [-0.05, 0) is 24.5 Å². The summed E-state index contributed by atoms with van der Waals surface area (Å²) >= 11 is 0. The average molecular weight is 260 g/mol. The second-order valence-corrected chi connectivity index (χ2v) is 4.66. The Morgan fingerprint density at radius 3 is 3.16 bits per heavy atom. The number of nitrogens with zero attached hydrogens (tertiary/aromatic N) is 1. The summed E-state index contributed by atoms with van der Waals surface area (Å²) in [6, 6.07) is 8.38. The second kappa shape index (κ2) is 5.27. The first kappa shape index (κ1) is 12.0. The number of aromatic nitrogens is 3. The number of para-hydroxylation sites is 1. The second-order valence-electron chi connectivity index (χ2n) is 4.66. The minimum Gasteiger partial charge on any atom is -0.492 e. The van der Waals surface area contributed by atoms with Gasteiger partial charge >= 0.3 is 5.69 Å². The first-order chi connectivity index (χ1) is 9.31. The topological polar surface area (TPSA) is 82.8 Å². The van der Waals surface area contributed by atoms with Crippen LogP contribution in [0, 0.1) is 0 Å². The van der Waals surface area contributed by atoms with Crippen molar-refractivity contribution in [2.45, 2.75) is 25.4 Å². The summed E-state index contributed by atoms with van der Waals surface area (Å²) in [5.41, 5.74) is 0.973. The summed E-state index contributed by atoms with van der Waals surface area (Å²) in [5, 5.41) is 9.57. The lowest BCUT2D eigenvalue weighted by molar-refractivity contribution is 0.266. The average Bonchev–Trinajstić information content (AvgIpc) is 2.73. The van der Waals surface area contributed by atoms with Gasteiger partial charge in [0, 0.05) is 6.04 Å². The highest BCUT2D eigenvalue weighted by Crippen LogP contribution is 2.23. The Bertz CT molecular complexity index is 577. The molecule has 0 saturated carbocycles. The number of aromatic amines is 2. The molecule has 0 fully saturated rings. The van der Waals surface area contributed by atoms with Crippen LogP contribution in [-0.2, 0) is 13.0 Å². The van der Waals surface area contributed by atoms with Crippen molar-refractivity contribution in [2.24, 2.45) is 0 Å². The molecule has 6 nitrogen and oxygen atoms in total. The van der Waals surface area contributed by atoms with E-state index in [1.165, 1.54) is 5.56 Å². The lowest BCUT2D eigenvalue weighted by Gasteiger charge is -2.14. The number of benzene rings is 1. The van der Waals surface area contributed by atoms with Crippen LogP contribution in [0.25, 0.3) is 0 Å². The molecule has 2 aromatic rings. The molecular weight excluding hydrogens is 244 g/mol. The molecule has 19 heavy (non-hydrogen) atoms. The number of fused-ring (bicyclic) bond motifs is 1. The van der Waals surface area contributed by atoms with Crippen molar-refractivity contribution < 1.29 is 4.74 Å². The zero-order valence-electron chi connectivity index (χ0n) is 10.5. The third kappa shape index (κ3) is 2.85. The van der Waals surface area contributed by atoms with Crippen LogP contribution in [-0.4, -0.2) is 27.8 Å². The monoisotopic (exact) mass is 260 g/mol. The summed E-state index contributed by atoms with van der Waals surface area (Å²) in [6.45, 7) is 1.16. The molecule has 1 aromatic heterocycles. The van der Waals surface area contributed by atoms with Crippen LogP contribution >= 0.6 is 0 Å². The van der Waals surface area contributed by atoms with E-state index in [-0.39, 0.29) is 11.7 Å². The van der Waals surface area contributed by atoms with E-state index < -0.39 is 0 Å². The van der Waals surface area contributed by atoms with Gasteiger partial charge in [0.15, 0.2) is 0 Å². The fourth-order valence-electron chi connectivity index (χ4n) is 2.25. The zero-order chi connectivity index (χ0) is 13.1. The van der Waals surface area contributed by atoms with Gasteiger partial charge in [-0.25, -0.2) is 9.89 Å². The van der Waals surface area contributed by atoms with Gasteiger partial charge in [0.25, 0.3) is 0 Å². The molecule has 1 aromatic carbocycles. The fourth-order valence-corrected chi connectivity index (χ4v) is 2.25. The Hall–Kier alpha value is -2.08. The summed E-state index contributed by atoms with van der Waals surface area (Å²) in [6.07, 6.45) is 2.00. The molecule has 0 aliphatic carbocycles. The minimum atomic E-state index is -0.277. The first-order valence-electron chi connectivity index (χ1n) is 6.39. The zero-order valence-corrected chi connectivity index (χ0v) is 10.5. The molecule has 1 unspecified atom stereocenters. The van der Waals surface area contributed by atoms with E-state index >= 15 is 0 Å². The molecule has 1 aliphatic heterocycles. The van der Waals surface area contributed by atoms with E-state index in [2.05, 4.69) is 26.6 Å². The number of aryl methyl sites for hydroxylation is 1. The molecule has 6 heteroatoms. The molecule has 0 saturated heterocycles. The van der Waals surface area contributed by atoms with Crippen LogP contribution in [0.15, 0.2) is 29.1 Å². The molecule has 1 aliphatic rings. The lowest BCUT2D eigenvalue weighted by atomic mass is 10.1. The minimum absolute atomic E-state index is 0.257. The van der Waals surface area contributed by atoms with E-state index in [0.717, 1.165) is 18.6 Å². The molecule has 0 spiro atoms. The maximum Gasteiger partial charge on any atom is 0.340 e. The Morgan fingerprint density at radius 1 is 1.42 bits per heavy atom. The predicted octanol–water partition coefficient (Wildman–Crippen LogP) is 0.581. The van der Waals surface area contributed by atoms with Crippen molar-refractivity contribution in [3.05, 3.63) is 46.1 Å². The van der Waals surface area contributed by atoms with Gasteiger partial charge in [0.05, 0.1) is 6.54 Å². The van der Waals surface area contributed by atoms with Crippen LogP contribution in [0.2, 0.25) is 0 Å². The highest BCUT2D eigenvalue weighted by molar-refractivity contribution is 5.34. The molecule has 3 rings (SSSR count). The van der Waals surface area contributed by atoms with E-state index in [1.54, 1.807) is 0 Å². The van der Waals surface area contributed by atoms with Gasteiger partial charge in [-0.2, -0.15) is 5.10 Å². The van der Waals surface area contributed by atoms with Crippen molar-refractivity contribution in [1.82, 2.24) is 20.5 Å². The van der Waals surface area contributed by atoms with Crippen LogP contribution in [0.5, 0.6) is 5.75 Å². The van der Waals surface area contributed by atoms with E-state index in [1.807, 2.05) is 18.2 Å². The van der Waals surface area contributed by atoms with E-state index in [4.69, 9.17) is 4.74 Å². The lowest BCUT2D eigenvalue weighted by Crippen LogP contribution is -2.34. The van der Waals surface area contributed by atoms with E-state index in [9.17, 15) is 4.79 Å². The highest BCUT2D eigenvalue weighted by atomic mass is 16.5. The Labute approximate surface area is 110 Å². The third-order valence-electron chi connectivity index (χ3n) is 3.28. The molecule has 100 valence electrons.